The number of esters is 1. The third-order valence-electron chi connectivity index (χ3n) is 4.67. The fraction of sp³-hybridized carbons (Fsp3) is 0.231. The maximum absolute atomic E-state index is 13.7. The Morgan fingerprint density at radius 1 is 0.971 bits per heavy atom. The van der Waals surface area contributed by atoms with Gasteiger partial charge in [-0.1, -0.05) is 30.3 Å². The van der Waals surface area contributed by atoms with Gasteiger partial charge in [0.25, 0.3) is 10.0 Å². The lowest BCUT2D eigenvalue weighted by Gasteiger charge is -2.27. The van der Waals surface area contributed by atoms with Crippen molar-refractivity contribution in [3.05, 3.63) is 84.2 Å². The maximum Gasteiger partial charge on any atom is 0.327 e. The number of nitrogens with zero attached hydrogens (tertiary/aromatic N) is 2. The first kappa shape index (κ1) is 25.0. The lowest BCUT2D eigenvalue weighted by atomic mass is 10.1. The number of benzene rings is 2. The van der Waals surface area contributed by atoms with Gasteiger partial charge >= 0.3 is 5.97 Å². The molecule has 0 saturated heterocycles. The predicted molar refractivity (Wildman–Crippen MR) is 133 cm³/mol. The van der Waals surface area contributed by atoms with Crippen LogP contribution in [-0.2, 0) is 19.6 Å². The summed E-state index contributed by atoms with van der Waals surface area (Å²) >= 11 is 0. The highest BCUT2D eigenvalue weighted by molar-refractivity contribution is 7.92. The first-order valence-electron chi connectivity index (χ1n) is 10.7. The van der Waals surface area contributed by atoms with E-state index in [0.717, 1.165) is 4.31 Å². The first-order valence-corrected chi connectivity index (χ1v) is 12.1. The fourth-order valence-electron chi connectivity index (χ4n) is 3.17. The molecule has 1 heterocycles. The Labute approximate surface area is 200 Å². The summed E-state index contributed by atoms with van der Waals surface area (Å²) in [6.45, 7) is 4.71. The van der Waals surface area contributed by atoms with Gasteiger partial charge in [-0.15, -0.1) is 0 Å². The summed E-state index contributed by atoms with van der Waals surface area (Å²) in [5, 5.41) is 0. The van der Waals surface area contributed by atoms with E-state index < -0.39 is 28.1 Å². The second-order valence-electron chi connectivity index (χ2n) is 8.42. The predicted octanol–water partition coefficient (Wildman–Crippen LogP) is 4.80. The molecule has 2 aromatic carbocycles. The minimum Gasteiger partial charge on any atom is -0.497 e. The standard InChI is InChI=1S/C26H28N2O5S/c1-26(2,3)33-25(29)19-28(34(30,31)23-16-14-22(32-4)15-17-23)24-11-6-5-9-20(24)12-13-21-10-7-8-18-27-21/h5-18H,19H2,1-4H3/b13-12-. The molecule has 0 saturated carbocycles. The van der Waals surface area contributed by atoms with Crippen molar-refractivity contribution in [1.29, 1.82) is 0 Å². The van der Waals surface area contributed by atoms with Gasteiger partial charge < -0.3 is 9.47 Å². The summed E-state index contributed by atoms with van der Waals surface area (Å²) < 4.78 is 39.0. The van der Waals surface area contributed by atoms with Crippen LogP contribution >= 0.6 is 0 Å². The SMILES string of the molecule is COc1ccc(S(=O)(=O)N(CC(=O)OC(C)(C)C)c2ccccc2/C=C\c2ccccn2)cc1. The van der Waals surface area contributed by atoms with Crippen LogP contribution in [0.5, 0.6) is 5.75 Å². The summed E-state index contributed by atoms with van der Waals surface area (Å²) in [5.74, 6) is -0.135. The summed E-state index contributed by atoms with van der Waals surface area (Å²) in [5.41, 5.74) is 0.907. The average Bonchev–Trinajstić information content (AvgIpc) is 2.81. The third-order valence-corrected chi connectivity index (χ3v) is 6.44. The van der Waals surface area contributed by atoms with Crippen molar-refractivity contribution >= 4 is 33.8 Å². The van der Waals surface area contributed by atoms with E-state index in [4.69, 9.17) is 9.47 Å². The monoisotopic (exact) mass is 480 g/mol. The molecule has 1 aromatic heterocycles. The normalized spacial score (nSPS) is 11.9. The molecule has 34 heavy (non-hydrogen) atoms. The Bertz CT molecular complexity index is 1250. The molecule has 0 fully saturated rings. The van der Waals surface area contributed by atoms with E-state index >= 15 is 0 Å². The van der Waals surface area contributed by atoms with Gasteiger partial charge in [-0.2, -0.15) is 0 Å². The van der Waals surface area contributed by atoms with Gasteiger partial charge in [-0.25, -0.2) is 8.42 Å². The zero-order valence-electron chi connectivity index (χ0n) is 19.6. The minimum atomic E-state index is -4.11. The van der Waals surface area contributed by atoms with Gasteiger partial charge in [0.15, 0.2) is 0 Å². The molecule has 7 nitrogen and oxygen atoms in total. The van der Waals surface area contributed by atoms with Crippen molar-refractivity contribution in [2.24, 2.45) is 0 Å². The van der Waals surface area contributed by atoms with E-state index in [-0.39, 0.29) is 4.90 Å². The number of aromatic nitrogens is 1. The molecule has 0 spiro atoms. The topological polar surface area (TPSA) is 85.8 Å². The number of carbonyl (C=O) groups excluding carboxylic acids is 1. The van der Waals surface area contributed by atoms with E-state index in [0.29, 0.717) is 22.7 Å². The van der Waals surface area contributed by atoms with E-state index in [9.17, 15) is 13.2 Å². The van der Waals surface area contributed by atoms with E-state index in [1.165, 1.54) is 19.2 Å². The van der Waals surface area contributed by atoms with Crippen LogP contribution in [-0.4, -0.2) is 38.6 Å². The number of methoxy groups -OCH3 is 1. The van der Waals surface area contributed by atoms with Crippen LogP contribution in [0.25, 0.3) is 12.2 Å². The number of rotatable bonds is 8. The molecule has 3 aromatic rings. The van der Waals surface area contributed by atoms with Crippen molar-refractivity contribution in [2.75, 3.05) is 18.0 Å². The number of carbonyl (C=O) groups is 1. The number of anilines is 1. The molecule has 0 unspecified atom stereocenters. The maximum atomic E-state index is 13.7. The van der Waals surface area contributed by atoms with Crippen LogP contribution in [0.3, 0.4) is 0 Å². The van der Waals surface area contributed by atoms with Crippen molar-refractivity contribution in [3.63, 3.8) is 0 Å². The van der Waals surface area contributed by atoms with Gasteiger partial charge in [0.2, 0.25) is 0 Å². The molecule has 0 aliphatic carbocycles. The van der Waals surface area contributed by atoms with Gasteiger partial charge in [-0.3, -0.25) is 14.1 Å². The van der Waals surface area contributed by atoms with E-state index in [1.54, 1.807) is 75.5 Å². The zero-order chi connectivity index (χ0) is 24.8. The Morgan fingerprint density at radius 3 is 2.26 bits per heavy atom. The second kappa shape index (κ2) is 10.5. The van der Waals surface area contributed by atoms with Crippen molar-refractivity contribution in [2.45, 2.75) is 31.3 Å². The van der Waals surface area contributed by atoms with Crippen LogP contribution in [0, 0.1) is 0 Å². The van der Waals surface area contributed by atoms with Crippen LogP contribution in [0.1, 0.15) is 32.0 Å². The molecule has 0 N–H and O–H groups in total. The molecule has 8 heteroatoms. The Morgan fingerprint density at radius 2 is 1.65 bits per heavy atom. The van der Waals surface area contributed by atoms with Crippen LogP contribution in [0.2, 0.25) is 0 Å². The summed E-state index contributed by atoms with van der Waals surface area (Å²) in [7, 11) is -2.61. The van der Waals surface area contributed by atoms with Crippen LogP contribution in [0.4, 0.5) is 5.69 Å². The smallest absolute Gasteiger partial charge is 0.327 e. The number of hydrogen-bond donors (Lipinski definition) is 0. The van der Waals surface area contributed by atoms with Crippen molar-refractivity contribution in [1.82, 2.24) is 4.98 Å². The van der Waals surface area contributed by atoms with Gasteiger partial charge in [0.05, 0.1) is 23.4 Å². The zero-order valence-corrected chi connectivity index (χ0v) is 20.5. The minimum absolute atomic E-state index is 0.0281. The summed E-state index contributed by atoms with van der Waals surface area (Å²) in [6.07, 6.45) is 5.22. The molecular weight excluding hydrogens is 452 g/mol. The second-order valence-corrected chi connectivity index (χ2v) is 10.3. The highest BCUT2D eigenvalue weighted by Crippen LogP contribution is 2.29. The number of sulfonamides is 1. The lowest BCUT2D eigenvalue weighted by molar-refractivity contribution is -0.152. The van der Waals surface area contributed by atoms with Gasteiger partial charge in [0, 0.05) is 6.20 Å². The number of hydrogen-bond acceptors (Lipinski definition) is 6. The highest BCUT2D eigenvalue weighted by Gasteiger charge is 2.30. The molecule has 0 bridgehead atoms. The lowest BCUT2D eigenvalue weighted by Crippen LogP contribution is -2.39. The largest absolute Gasteiger partial charge is 0.497 e. The van der Waals surface area contributed by atoms with Crippen molar-refractivity contribution < 1.29 is 22.7 Å². The number of pyridine rings is 1. The fourth-order valence-corrected chi connectivity index (χ4v) is 4.61. The summed E-state index contributed by atoms with van der Waals surface area (Å²) in [6, 6.07) is 18.5. The molecule has 0 atom stereocenters. The molecule has 0 amide bonds. The number of ether oxygens (including phenoxy) is 2. The Balaban J connectivity index is 2.07. The molecule has 3 rings (SSSR count). The quantitative estimate of drug-likeness (QED) is 0.431. The molecule has 0 aliphatic rings. The number of para-hydroxylation sites is 1. The Kier molecular flexibility index (Phi) is 7.73. The summed E-state index contributed by atoms with van der Waals surface area (Å²) in [4.78, 5) is 17.0. The Hall–Kier alpha value is -3.65. The van der Waals surface area contributed by atoms with Gasteiger partial charge in [0.1, 0.15) is 17.9 Å². The molecule has 178 valence electrons. The van der Waals surface area contributed by atoms with Crippen molar-refractivity contribution in [3.8, 4) is 5.75 Å². The highest BCUT2D eigenvalue weighted by atomic mass is 32.2. The molecule has 0 aliphatic heterocycles. The van der Waals surface area contributed by atoms with E-state index in [2.05, 4.69) is 4.98 Å². The molecule has 0 radical (unpaired) electrons. The van der Waals surface area contributed by atoms with Crippen LogP contribution < -0.4 is 9.04 Å². The van der Waals surface area contributed by atoms with Crippen LogP contribution in [0.15, 0.2) is 77.8 Å². The third kappa shape index (κ3) is 6.45. The van der Waals surface area contributed by atoms with E-state index in [1.807, 2.05) is 18.2 Å². The first-order chi connectivity index (χ1) is 16.1. The van der Waals surface area contributed by atoms with Gasteiger partial charge in [-0.05, 0) is 74.9 Å². The average molecular weight is 481 g/mol. The molecular formula is C26H28N2O5S.